The molecule has 4 nitrogen and oxygen atoms in total. The van der Waals surface area contributed by atoms with Crippen molar-refractivity contribution in [1.29, 1.82) is 0 Å². The first-order valence-corrected chi connectivity index (χ1v) is 5.30. The summed E-state index contributed by atoms with van der Waals surface area (Å²) in [6.45, 7) is 0. The van der Waals surface area contributed by atoms with Gasteiger partial charge in [-0.25, -0.2) is 9.00 Å². The lowest BCUT2D eigenvalue weighted by atomic mass is 9.98. The lowest BCUT2D eigenvalue weighted by Crippen LogP contribution is -2.37. The highest BCUT2D eigenvalue weighted by Crippen LogP contribution is 2.09. The highest BCUT2D eigenvalue weighted by atomic mass is 32.1. The van der Waals surface area contributed by atoms with Crippen molar-refractivity contribution in [2.45, 2.75) is 6.42 Å². The second-order valence-electron chi connectivity index (χ2n) is 3.36. The summed E-state index contributed by atoms with van der Waals surface area (Å²) in [7, 11) is 0. The molecule has 5 heteroatoms. The van der Waals surface area contributed by atoms with Crippen molar-refractivity contribution in [3.8, 4) is 0 Å². The van der Waals surface area contributed by atoms with E-state index in [2.05, 4.69) is 0 Å². The Hall–Kier alpha value is -1.88. The van der Waals surface area contributed by atoms with Crippen molar-refractivity contribution in [2.24, 2.45) is 0 Å². The van der Waals surface area contributed by atoms with Crippen LogP contribution in [0, 0.1) is 0 Å². The van der Waals surface area contributed by atoms with Gasteiger partial charge >= 0.3 is 5.97 Å². The molecule has 0 aromatic heterocycles. The minimum Gasteiger partial charge on any atom is -0.506 e. The van der Waals surface area contributed by atoms with Crippen LogP contribution in [0.3, 0.4) is 0 Å². The van der Waals surface area contributed by atoms with E-state index in [1.807, 2.05) is 0 Å². The smallest absolute Gasteiger partial charge is 0.332 e. The zero-order valence-electron chi connectivity index (χ0n) is 8.14. The van der Waals surface area contributed by atoms with Crippen LogP contribution in [-0.4, -0.2) is 25.3 Å². The second kappa shape index (κ2) is 3.94. The van der Waals surface area contributed by atoms with Gasteiger partial charge in [0.25, 0.3) is 0 Å². The summed E-state index contributed by atoms with van der Waals surface area (Å²) >= 11 is 0.134. The fraction of sp³-hybridized carbons (Fsp3) is 0.0909. The highest BCUT2D eigenvalue weighted by molar-refractivity contribution is 7.67. The topological polar surface area (TPSA) is 74.6 Å². The van der Waals surface area contributed by atoms with Gasteiger partial charge in [0.2, 0.25) is 0 Å². The molecule has 0 bridgehead atoms. The Morgan fingerprint density at radius 2 is 1.88 bits per heavy atom. The number of benzene rings is 1. The van der Waals surface area contributed by atoms with Gasteiger partial charge in [0.15, 0.2) is 0 Å². The molecule has 0 radical (unpaired) electrons. The van der Waals surface area contributed by atoms with Crippen molar-refractivity contribution < 1.29 is 19.2 Å². The Kier molecular flexibility index (Phi) is 2.62. The largest absolute Gasteiger partial charge is 0.506 e. The van der Waals surface area contributed by atoms with Crippen LogP contribution in [0.2, 0.25) is 0 Å². The van der Waals surface area contributed by atoms with E-state index in [-0.39, 0.29) is 33.9 Å². The Morgan fingerprint density at radius 1 is 1.25 bits per heavy atom. The van der Waals surface area contributed by atoms with Crippen LogP contribution in [0.5, 0.6) is 0 Å². The molecule has 1 aliphatic rings. The monoisotopic (exact) mass is 236 g/mol. The summed E-state index contributed by atoms with van der Waals surface area (Å²) in [6, 6.07) is 6.61. The normalized spacial score (nSPS) is 14.6. The molecule has 0 saturated heterocycles. The van der Waals surface area contributed by atoms with E-state index < -0.39 is 5.97 Å². The van der Waals surface area contributed by atoms with Crippen LogP contribution < -0.4 is 10.4 Å². The van der Waals surface area contributed by atoms with E-state index in [9.17, 15) is 14.1 Å². The molecular formula is C11H8O4S. The van der Waals surface area contributed by atoms with Gasteiger partial charge in [-0.3, -0.25) is 0 Å². The van der Waals surface area contributed by atoms with Crippen molar-refractivity contribution in [1.82, 2.24) is 0 Å². The van der Waals surface area contributed by atoms with Crippen molar-refractivity contribution >= 4 is 33.4 Å². The number of carboxylic acids is 1. The SMILES string of the molecule is O=S=C1CC(C(=O)O)=c2ccccc2=C1O. The number of fused-ring (bicyclic) bond motifs is 1. The van der Waals surface area contributed by atoms with Crippen molar-refractivity contribution in [3.05, 3.63) is 34.7 Å². The summed E-state index contributed by atoms with van der Waals surface area (Å²) in [6.07, 6.45) is -0.0215. The summed E-state index contributed by atoms with van der Waals surface area (Å²) < 4.78 is 10.8. The van der Waals surface area contributed by atoms with Gasteiger partial charge in [-0.05, 0) is 5.22 Å². The third-order valence-corrected chi connectivity index (χ3v) is 3.01. The Bertz CT molecular complexity index is 623. The first-order chi connectivity index (χ1) is 7.65. The molecular weight excluding hydrogens is 228 g/mol. The molecule has 0 heterocycles. The third-order valence-electron chi connectivity index (χ3n) is 2.47. The molecule has 1 aliphatic carbocycles. The molecule has 1 aromatic rings. The quantitative estimate of drug-likeness (QED) is 0.637. The van der Waals surface area contributed by atoms with Gasteiger partial charge in [-0.1, -0.05) is 24.3 Å². The van der Waals surface area contributed by atoms with E-state index in [0.29, 0.717) is 10.4 Å². The van der Waals surface area contributed by atoms with Gasteiger partial charge < -0.3 is 10.2 Å². The fourth-order valence-corrected chi connectivity index (χ4v) is 2.09. The predicted molar refractivity (Wildman–Crippen MR) is 60.5 cm³/mol. The molecule has 1 aromatic carbocycles. The number of aliphatic hydroxyl groups excluding tert-OH is 1. The summed E-state index contributed by atoms with van der Waals surface area (Å²) in [5, 5.41) is 19.7. The van der Waals surface area contributed by atoms with Crippen LogP contribution >= 0.6 is 0 Å². The number of carboxylic acid groups (broad SMARTS) is 1. The maximum absolute atomic E-state index is 11.0. The van der Waals surface area contributed by atoms with E-state index in [1.54, 1.807) is 24.3 Å². The number of hydrogen-bond donors (Lipinski definition) is 2. The van der Waals surface area contributed by atoms with Crippen molar-refractivity contribution in [3.63, 3.8) is 0 Å². The van der Waals surface area contributed by atoms with Crippen LogP contribution in [0.15, 0.2) is 24.3 Å². The zero-order valence-corrected chi connectivity index (χ0v) is 8.95. The molecule has 0 aliphatic heterocycles. The predicted octanol–water partition coefficient (Wildman–Crippen LogP) is -0.623. The Balaban J connectivity index is 2.99. The molecule has 0 unspecified atom stereocenters. The van der Waals surface area contributed by atoms with Crippen molar-refractivity contribution in [2.75, 3.05) is 0 Å². The van der Waals surface area contributed by atoms with Crippen LogP contribution in [-0.2, 0) is 16.1 Å². The van der Waals surface area contributed by atoms with Gasteiger partial charge in [0.05, 0.1) is 21.7 Å². The second-order valence-corrected chi connectivity index (χ2v) is 4.02. The molecule has 0 amide bonds. The fourth-order valence-electron chi connectivity index (χ4n) is 1.70. The Labute approximate surface area is 94.2 Å². The molecule has 0 spiro atoms. The van der Waals surface area contributed by atoms with Gasteiger partial charge in [-0.15, -0.1) is 0 Å². The maximum Gasteiger partial charge on any atom is 0.332 e. The number of rotatable bonds is 1. The van der Waals surface area contributed by atoms with Gasteiger partial charge in [0.1, 0.15) is 5.76 Å². The van der Waals surface area contributed by atoms with E-state index in [1.165, 1.54) is 0 Å². The average Bonchev–Trinajstić information content (AvgIpc) is 2.29. The number of aliphatic hydroxyl groups is 1. The van der Waals surface area contributed by atoms with E-state index >= 15 is 0 Å². The van der Waals surface area contributed by atoms with Crippen LogP contribution in [0.4, 0.5) is 0 Å². The molecule has 2 N–H and O–H groups in total. The number of carbonyl (C=O) groups is 1. The number of aliphatic carboxylic acids is 1. The number of hydrogen-bond acceptors (Lipinski definition) is 3. The maximum atomic E-state index is 11.0. The third kappa shape index (κ3) is 1.55. The molecule has 82 valence electrons. The van der Waals surface area contributed by atoms with Gasteiger partial charge in [0, 0.05) is 11.6 Å². The molecule has 0 saturated carbocycles. The van der Waals surface area contributed by atoms with Crippen LogP contribution in [0.25, 0.3) is 11.3 Å². The standard InChI is InChI=1S/C11H8O4S/c12-10-7-4-2-1-3-6(7)8(11(13)14)5-9(10)16-15/h1-4,12H,5H2,(H,13,14). The van der Waals surface area contributed by atoms with E-state index in [4.69, 9.17) is 5.11 Å². The highest BCUT2D eigenvalue weighted by Gasteiger charge is 2.20. The summed E-state index contributed by atoms with van der Waals surface area (Å²) in [4.78, 5) is 11.2. The van der Waals surface area contributed by atoms with Crippen LogP contribution in [0.1, 0.15) is 6.42 Å². The van der Waals surface area contributed by atoms with Gasteiger partial charge in [-0.2, -0.15) is 0 Å². The zero-order chi connectivity index (χ0) is 11.7. The van der Waals surface area contributed by atoms with E-state index in [0.717, 1.165) is 0 Å². The minimum atomic E-state index is -1.06. The first kappa shape index (κ1) is 10.6. The summed E-state index contributed by atoms with van der Waals surface area (Å²) in [5.41, 5.74) is 0.145. The average molecular weight is 236 g/mol. The molecule has 16 heavy (non-hydrogen) atoms. The molecule has 0 atom stereocenters. The minimum absolute atomic E-state index is 0.0215. The lowest BCUT2D eigenvalue weighted by Gasteiger charge is -2.10. The Morgan fingerprint density at radius 3 is 2.44 bits per heavy atom. The lowest BCUT2D eigenvalue weighted by molar-refractivity contribution is -0.130. The first-order valence-electron chi connectivity index (χ1n) is 4.56. The molecule has 0 fully saturated rings. The summed E-state index contributed by atoms with van der Waals surface area (Å²) in [5.74, 6) is -1.17. The molecule has 2 rings (SSSR count).